The summed E-state index contributed by atoms with van der Waals surface area (Å²) in [5, 5.41) is 0.0661. The van der Waals surface area contributed by atoms with Crippen molar-refractivity contribution in [2.45, 2.75) is 36.5 Å². The van der Waals surface area contributed by atoms with Gasteiger partial charge in [0, 0.05) is 13.1 Å². The molecule has 0 aliphatic carbocycles. The van der Waals surface area contributed by atoms with Crippen molar-refractivity contribution in [3.63, 3.8) is 0 Å². The van der Waals surface area contributed by atoms with Crippen LogP contribution in [0.3, 0.4) is 0 Å². The number of hydrogen-bond acceptors (Lipinski definition) is 4. The zero-order chi connectivity index (χ0) is 19.8. The molecular weight excluding hydrogens is 408 g/mol. The van der Waals surface area contributed by atoms with Gasteiger partial charge in [0.15, 0.2) is 0 Å². The summed E-state index contributed by atoms with van der Waals surface area (Å²) >= 11 is 6.11. The number of nitrogens with zero attached hydrogens (tertiary/aromatic N) is 1. The van der Waals surface area contributed by atoms with E-state index < -0.39 is 20.0 Å². The van der Waals surface area contributed by atoms with Crippen molar-refractivity contribution >= 4 is 37.3 Å². The Morgan fingerprint density at radius 1 is 0.926 bits per heavy atom. The van der Waals surface area contributed by atoms with Gasteiger partial charge < -0.3 is 0 Å². The number of hydrogen-bond donors (Lipinski definition) is 1. The van der Waals surface area contributed by atoms with E-state index in [4.69, 9.17) is 11.6 Å². The van der Waals surface area contributed by atoms with Crippen molar-refractivity contribution in [1.29, 1.82) is 0 Å². The second kappa shape index (κ2) is 7.43. The molecule has 9 heteroatoms. The highest BCUT2D eigenvalue weighted by molar-refractivity contribution is 7.92. The fraction of sp³-hybridized carbons (Fsp3) is 0.333. The predicted octanol–water partition coefficient (Wildman–Crippen LogP) is 3.54. The molecule has 6 nitrogen and oxygen atoms in total. The number of rotatable bonds is 5. The lowest BCUT2D eigenvalue weighted by molar-refractivity contribution is 0.477. The van der Waals surface area contributed by atoms with Crippen LogP contribution in [0.15, 0.2) is 46.2 Å². The molecule has 27 heavy (non-hydrogen) atoms. The van der Waals surface area contributed by atoms with E-state index in [2.05, 4.69) is 4.72 Å². The number of aryl methyl sites for hydroxylation is 2. The van der Waals surface area contributed by atoms with Gasteiger partial charge in [0.25, 0.3) is 10.0 Å². The van der Waals surface area contributed by atoms with Crippen LogP contribution < -0.4 is 4.72 Å². The first-order valence-electron chi connectivity index (χ1n) is 8.51. The molecule has 0 bridgehead atoms. The van der Waals surface area contributed by atoms with Gasteiger partial charge in [-0.25, -0.2) is 16.8 Å². The lowest BCUT2D eigenvalue weighted by atomic mass is 10.2. The third-order valence-electron chi connectivity index (χ3n) is 4.49. The third-order valence-corrected chi connectivity index (χ3v) is 8.41. The Morgan fingerprint density at radius 3 is 2.22 bits per heavy atom. The van der Waals surface area contributed by atoms with Crippen molar-refractivity contribution in [3.05, 3.63) is 52.5 Å². The highest BCUT2D eigenvalue weighted by Crippen LogP contribution is 2.30. The topological polar surface area (TPSA) is 83.5 Å². The highest BCUT2D eigenvalue weighted by atomic mass is 35.5. The fourth-order valence-electron chi connectivity index (χ4n) is 3.14. The molecule has 3 rings (SSSR count). The van der Waals surface area contributed by atoms with E-state index in [1.165, 1.54) is 28.6 Å². The molecule has 1 aliphatic heterocycles. The van der Waals surface area contributed by atoms with E-state index in [0.29, 0.717) is 18.7 Å². The minimum absolute atomic E-state index is 0.0661. The van der Waals surface area contributed by atoms with Crippen molar-refractivity contribution in [1.82, 2.24) is 4.31 Å². The van der Waals surface area contributed by atoms with Gasteiger partial charge in [0.2, 0.25) is 10.0 Å². The molecule has 0 amide bonds. The lowest BCUT2D eigenvalue weighted by Crippen LogP contribution is -2.28. The van der Waals surface area contributed by atoms with Crippen LogP contribution in [0, 0.1) is 13.8 Å². The van der Waals surface area contributed by atoms with Crippen molar-refractivity contribution in [3.8, 4) is 0 Å². The molecule has 1 fully saturated rings. The van der Waals surface area contributed by atoms with Crippen LogP contribution in [-0.2, 0) is 20.0 Å². The van der Waals surface area contributed by atoms with E-state index in [0.717, 1.165) is 18.4 Å². The summed E-state index contributed by atoms with van der Waals surface area (Å²) in [6.07, 6.45) is 1.60. The molecule has 0 unspecified atom stereocenters. The first kappa shape index (κ1) is 20.1. The van der Waals surface area contributed by atoms with Crippen LogP contribution in [0.4, 0.5) is 5.69 Å². The van der Waals surface area contributed by atoms with Gasteiger partial charge in [-0.15, -0.1) is 0 Å². The van der Waals surface area contributed by atoms with Crippen LogP contribution >= 0.6 is 11.6 Å². The van der Waals surface area contributed by atoms with Gasteiger partial charge in [-0.1, -0.05) is 29.3 Å². The largest absolute Gasteiger partial charge is 0.280 e. The summed E-state index contributed by atoms with van der Waals surface area (Å²) in [5.41, 5.74) is 1.72. The summed E-state index contributed by atoms with van der Waals surface area (Å²) in [6, 6.07) is 9.14. The Bertz CT molecular complexity index is 1080. The second-order valence-electron chi connectivity index (χ2n) is 6.63. The van der Waals surface area contributed by atoms with Crippen LogP contribution in [0.25, 0.3) is 0 Å². The van der Waals surface area contributed by atoms with Crippen LogP contribution in [0.2, 0.25) is 5.02 Å². The maximum Gasteiger partial charge on any atom is 0.262 e. The van der Waals surface area contributed by atoms with E-state index >= 15 is 0 Å². The van der Waals surface area contributed by atoms with Gasteiger partial charge in [-0.2, -0.15) is 4.31 Å². The minimum Gasteiger partial charge on any atom is -0.280 e. The average Bonchev–Trinajstić information content (AvgIpc) is 3.11. The number of sulfonamides is 2. The Balaban J connectivity index is 1.96. The van der Waals surface area contributed by atoms with E-state index in [9.17, 15) is 16.8 Å². The molecule has 1 saturated heterocycles. The molecule has 2 aromatic carbocycles. The zero-order valence-electron chi connectivity index (χ0n) is 15.1. The number of halogens is 1. The summed E-state index contributed by atoms with van der Waals surface area (Å²) < 4.78 is 54.9. The second-order valence-corrected chi connectivity index (χ2v) is 10.6. The average molecular weight is 429 g/mol. The molecule has 146 valence electrons. The Labute approximate surface area is 165 Å². The van der Waals surface area contributed by atoms with Crippen LogP contribution in [-0.4, -0.2) is 34.2 Å². The Morgan fingerprint density at radius 2 is 1.59 bits per heavy atom. The predicted molar refractivity (Wildman–Crippen MR) is 106 cm³/mol. The number of nitrogens with one attached hydrogen (secondary N) is 1. The molecule has 1 aliphatic rings. The monoisotopic (exact) mass is 428 g/mol. The quantitative estimate of drug-likeness (QED) is 0.789. The first-order chi connectivity index (χ1) is 12.6. The smallest absolute Gasteiger partial charge is 0.262 e. The van der Waals surface area contributed by atoms with E-state index in [-0.39, 0.29) is 20.5 Å². The van der Waals surface area contributed by atoms with Gasteiger partial charge >= 0.3 is 0 Å². The maximum absolute atomic E-state index is 12.8. The molecule has 1 heterocycles. The van der Waals surface area contributed by atoms with Gasteiger partial charge in [0.05, 0.1) is 15.6 Å². The third kappa shape index (κ3) is 4.13. The first-order valence-corrected chi connectivity index (χ1v) is 11.8. The Kier molecular flexibility index (Phi) is 5.54. The van der Waals surface area contributed by atoms with Gasteiger partial charge in [-0.3, -0.25) is 4.72 Å². The van der Waals surface area contributed by atoms with Gasteiger partial charge in [0.1, 0.15) is 4.90 Å². The summed E-state index contributed by atoms with van der Waals surface area (Å²) in [5.74, 6) is 0. The maximum atomic E-state index is 12.8. The summed E-state index contributed by atoms with van der Waals surface area (Å²) in [7, 11) is -7.62. The molecule has 0 radical (unpaired) electrons. The molecule has 0 saturated carbocycles. The van der Waals surface area contributed by atoms with E-state index in [1.807, 2.05) is 6.92 Å². The van der Waals surface area contributed by atoms with Gasteiger partial charge in [-0.05, 0) is 56.5 Å². The molecule has 0 atom stereocenters. The fourth-order valence-corrected chi connectivity index (χ4v) is 6.44. The summed E-state index contributed by atoms with van der Waals surface area (Å²) in [6.45, 7) is 4.48. The minimum atomic E-state index is -3.86. The Hall–Kier alpha value is -1.61. The molecular formula is C18H21ClN2O4S2. The van der Waals surface area contributed by atoms with Crippen molar-refractivity contribution in [2.75, 3.05) is 17.8 Å². The lowest BCUT2D eigenvalue weighted by Gasteiger charge is -2.18. The van der Waals surface area contributed by atoms with E-state index in [1.54, 1.807) is 19.1 Å². The SMILES string of the molecule is Cc1ccc(S(=O)(=O)Nc2ccc(Cl)c(S(=O)(=O)N3CCCC3)c2)c(C)c1. The molecule has 1 N–H and O–H groups in total. The van der Waals surface area contributed by atoms with Crippen LogP contribution in [0.5, 0.6) is 0 Å². The molecule has 2 aromatic rings. The molecule has 0 spiro atoms. The van der Waals surface area contributed by atoms with Crippen LogP contribution in [0.1, 0.15) is 24.0 Å². The highest BCUT2D eigenvalue weighted by Gasteiger charge is 2.29. The van der Waals surface area contributed by atoms with Crippen molar-refractivity contribution < 1.29 is 16.8 Å². The molecule has 0 aromatic heterocycles. The number of anilines is 1. The summed E-state index contributed by atoms with van der Waals surface area (Å²) in [4.78, 5) is 0.0545. The number of benzene rings is 2. The standard InChI is InChI=1S/C18H21ClN2O4S2/c1-13-5-8-17(14(2)11-13)26(22,23)20-15-6-7-16(19)18(12-15)27(24,25)21-9-3-4-10-21/h5-8,11-12,20H,3-4,9-10H2,1-2H3. The normalized spacial score (nSPS) is 15.8. The van der Waals surface area contributed by atoms with Crippen molar-refractivity contribution in [2.24, 2.45) is 0 Å². The zero-order valence-corrected chi connectivity index (χ0v) is 17.5.